The van der Waals surface area contributed by atoms with Crippen molar-refractivity contribution in [1.29, 1.82) is 0 Å². The van der Waals surface area contributed by atoms with Crippen molar-refractivity contribution in [2.75, 3.05) is 17.2 Å². The molecule has 0 fully saturated rings. The highest BCUT2D eigenvalue weighted by Crippen LogP contribution is 2.17. The quantitative estimate of drug-likeness (QED) is 0.522. The maximum atomic E-state index is 12.4. The van der Waals surface area contributed by atoms with Gasteiger partial charge in [0, 0.05) is 42.3 Å². The van der Waals surface area contributed by atoms with Crippen LogP contribution >= 0.6 is 0 Å². The minimum absolute atomic E-state index is 0.130. The fourth-order valence-corrected chi connectivity index (χ4v) is 2.99. The maximum Gasteiger partial charge on any atom is 0.251 e. The molecule has 0 aliphatic carbocycles. The first-order valence-corrected chi connectivity index (χ1v) is 9.98. The van der Waals surface area contributed by atoms with Gasteiger partial charge in [-0.3, -0.25) is 19.1 Å². The van der Waals surface area contributed by atoms with Gasteiger partial charge in [-0.15, -0.1) is 0 Å². The van der Waals surface area contributed by atoms with E-state index in [9.17, 15) is 14.4 Å². The van der Waals surface area contributed by atoms with Crippen LogP contribution in [-0.4, -0.2) is 34.0 Å². The number of hydrogen-bond acceptors (Lipinski definition) is 4. The number of hydrogen-bond donors (Lipinski definition) is 3. The Morgan fingerprint density at radius 1 is 1.00 bits per heavy atom. The van der Waals surface area contributed by atoms with E-state index in [1.165, 1.54) is 0 Å². The van der Waals surface area contributed by atoms with Crippen LogP contribution in [0.25, 0.3) is 0 Å². The van der Waals surface area contributed by atoms with Crippen molar-refractivity contribution >= 4 is 29.1 Å². The van der Waals surface area contributed by atoms with E-state index in [2.05, 4.69) is 21.0 Å². The molecule has 8 nitrogen and oxygen atoms in total. The van der Waals surface area contributed by atoms with Gasteiger partial charge < -0.3 is 16.0 Å². The second-order valence-electron chi connectivity index (χ2n) is 7.10. The van der Waals surface area contributed by atoms with Crippen LogP contribution in [0.15, 0.2) is 67.0 Å². The lowest BCUT2D eigenvalue weighted by atomic mass is 10.1. The molecule has 0 saturated heterocycles. The van der Waals surface area contributed by atoms with E-state index in [-0.39, 0.29) is 30.7 Å². The van der Waals surface area contributed by atoms with Crippen molar-refractivity contribution in [3.8, 4) is 0 Å². The van der Waals surface area contributed by atoms with Crippen LogP contribution in [0.4, 0.5) is 11.4 Å². The topological polar surface area (TPSA) is 105 Å². The van der Waals surface area contributed by atoms with Gasteiger partial charge in [0.15, 0.2) is 0 Å². The molecule has 8 heteroatoms. The molecule has 0 saturated carbocycles. The van der Waals surface area contributed by atoms with E-state index in [1.54, 1.807) is 66.5 Å². The monoisotopic (exact) mass is 419 g/mol. The van der Waals surface area contributed by atoms with Crippen molar-refractivity contribution < 1.29 is 14.4 Å². The maximum absolute atomic E-state index is 12.4. The lowest BCUT2D eigenvalue weighted by molar-refractivity contribution is -0.119. The standard InChI is InChI=1S/C23H25N5O3/c1-16-7-3-4-10-20(16)23(31)24-13-11-21(29)26-18-8-5-9-19(15-18)27-22(30)17(2)28-14-6-12-25-28/h3-10,12,14-15,17H,11,13H2,1-2H3,(H,24,31)(H,26,29)(H,27,30). The average molecular weight is 419 g/mol. The lowest BCUT2D eigenvalue weighted by Crippen LogP contribution is -2.28. The smallest absolute Gasteiger partial charge is 0.251 e. The molecular weight excluding hydrogens is 394 g/mol. The Morgan fingerprint density at radius 3 is 2.45 bits per heavy atom. The zero-order chi connectivity index (χ0) is 22.2. The first-order chi connectivity index (χ1) is 14.9. The molecule has 0 aliphatic heterocycles. The molecule has 0 aliphatic rings. The van der Waals surface area contributed by atoms with Crippen LogP contribution in [0.2, 0.25) is 0 Å². The summed E-state index contributed by atoms with van der Waals surface area (Å²) in [6.45, 7) is 3.83. The highest BCUT2D eigenvalue weighted by atomic mass is 16.2. The molecule has 2 aromatic carbocycles. The summed E-state index contributed by atoms with van der Waals surface area (Å²) in [5.74, 6) is -0.661. The Labute approximate surface area is 180 Å². The summed E-state index contributed by atoms with van der Waals surface area (Å²) in [5, 5.41) is 12.4. The number of anilines is 2. The van der Waals surface area contributed by atoms with Gasteiger partial charge in [-0.05, 0) is 49.7 Å². The Kier molecular flexibility index (Phi) is 7.16. The molecule has 0 bridgehead atoms. The van der Waals surface area contributed by atoms with E-state index in [0.29, 0.717) is 16.9 Å². The molecule has 1 aromatic heterocycles. The molecule has 0 spiro atoms. The third-order valence-electron chi connectivity index (χ3n) is 4.74. The summed E-state index contributed by atoms with van der Waals surface area (Å²) in [5.41, 5.74) is 2.59. The summed E-state index contributed by atoms with van der Waals surface area (Å²) in [6, 6.07) is 15.5. The van der Waals surface area contributed by atoms with Gasteiger partial charge in [0.1, 0.15) is 6.04 Å². The van der Waals surface area contributed by atoms with Gasteiger partial charge in [-0.1, -0.05) is 24.3 Å². The molecule has 1 unspecified atom stereocenters. The average Bonchev–Trinajstić information content (AvgIpc) is 3.28. The second-order valence-corrected chi connectivity index (χ2v) is 7.10. The molecule has 3 N–H and O–H groups in total. The van der Waals surface area contributed by atoms with E-state index < -0.39 is 6.04 Å². The van der Waals surface area contributed by atoms with Gasteiger partial charge in [0.2, 0.25) is 11.8 Å². The predicted molar refractivity (Wildman–Crippen MR) is 119 cm³/mol. The van der Waals surface area contributed by atoms with Crippen molar-refractivity contribution in [2.45, 2.75) is 26.3 Å². The summed E-state index contributed by atoms with van der Waals surface area (Å²) in [4.78, 5) is 36.8. The summed E-state index contributed by atoms with van der Waals surface area (Å²) in [7, 11) is 0. The molecule has 31 heavy (non-hydrogen) atoms. The minimum Gasteiger partial charge on any atom is -0.352 e. The van der Waals surface area contributed by atoms with E-state index in [1.807, 2.05) is 19.1 Å². The number of benzene rings is 2. The largest absolute Gasteiger partial charge is 0.352 e. The predicted octanol–water partition coefficient (Wildman–Crippen LogP) is 3.15. The van der Waals surface area contributed by atoms with Crippen LogP contribution in [0.3, 0.4) is 0 Å². The highest BCUT2D eigenvalue weighted by Gasteiger charge is 2.15. The highest BCUT2D eigenvalue weighted by molar-refractivity contribution is 5.97. The molecule has 160 valence electrons. The van der Waals surface area contributed by atoms with Gasteiger partial charge in [-0.2, -0.15) is 5.10 Å². The van der Waals surface area contributed by atoms with Gasteiger partial charge >= 0.3 is 0 Å². The number of rotatable bonds is 8. The van der Waals surface area contributed by atoms with Crippen LogP contribution in [0.1, 0.15) is 35.3 Å². The zero-order valence-electron chi connectivity index (χ0n) is 17.5. The van der Waals surface area contributed by atoms with E-state index in [0.717, 1.165) is 5.56 Å². The number of nitrogens with one attached hydrogen (secondary N) is 3. The van der Waals surface area contributed by atoms with E-state index in [4.69, 9.17) is 0 Å². The number of amides is 3. The fraction of sp³-hybridized carbons (Fsp3) is 0.217. The van der Waals surface area contributed by atoms with Gasteiger partial charge in [0.05, 0.1) is 0 Å². The van der Waals surface area contributed by atoms with Gasteiger partial charge in [0.25, 0.3) is 5.91 Å². The summed E-state index contributed by atoms with van der Waals surface area (Å²) < 4.78 is 1.56. The van der Waals surface area contributed by atoms with Crippen molar-refractivity contribution in [1.82, 2.24) is 15.1 Å². The van der Waals surface area contributed by atoms with E-state index >= 15 is 0 Å². The molecule has 0 radical (unpaired) electrons. The molecule has 1 atom stereocenters. The van der Waals surface area contributed by atoms with Crippen LogP contribution in [0.5, 0.6) is 0 Å². The Bertz CT molecular complexity index is 1060. The normalized spacial score (nSPS) is 11.4. The van der Waals surface area contributed by atoms with Crippen molar-refractivity contribution in [3.05, 3.63) is 78.1 Å². The fourth-order valence-electron chi connectivity index (χ4n) is 2.99. The molecule has 1 heterocycles. The molecular formula is C23H25N5O3. The minimum atomic E-state index is -0.467. The third kappa shape index (κ3) is 6.02. The van der Waals surface area contributed by atoms with Crippen molar-refractivity contribution in [2.24, 2.45) is 0 Å². The number of carbonyl (C=O) groups is 3. The number of aromatic nitrogens is 2. The Hall–Kier alpha value is -3.94. The van der Waals surface area contributed by atoms with Crippen LogP contribution in [0, 0.1) is 6.92 Å². The van der Waals surface area contributed by atoms with Crippen LogP contribution < -0.4 is 16.0 Å². The Morgan fingerprint density at radius 2 is 1.74 bits per heavy atom. The van der Waals surface area contributed by atoms with Crippen LogP contribution in [-0.2, 0) is 9.59 Å². The summed E-state index contributed by atoms with van der Waals surface area (Å²) >= 11 is 0. The number of carbonyl (C=O) groups excluding carboxylic acids is 3. The van der Waals surface area contributed by atoms with Crippen molar-refractivity contribution in [3.63, 3.8) is 0 Å². The first kappa shape index (κ1) is 21.8. The first-order valence-electron chi connectivity index (χ1n) is 9.98. The summed E-state index contributed by atoms with van der Waals surface area (Å²) in [6.07, 6.45) is 3.46. The number of nitrogens with zero attached hydrogens (tertiary/aromatic N) is 2. The third-order valence-corrected chi connectivity index (χ3v) is 4.74. The molecule has 3 aromatic rings. The Balaban J connectivity index is 1.49. The lowest BCUT2D eigenvalue weighted by Gasteiger charge is -2.13. The number of aryl methyl sites for hydroxylation is 1. The molecule has 3 amide bonds. The SMILES string of the molecule is Cc1ccccc1C(=O)NCCC(=O)Nc1cccc(NC(=O)C(C)n2cccn2)c1. The molecule has 3 rings (SSSR count). The second kappa shape index (κ2) is 10.2. The van der Waals surface area contributed by atoms with Gasteiger partial charge in [-0.25, -0.2) is 0 Å². The zero-order valence-corrected chi connectivity index (χ0v) is 17.5.